The van der Waals surface area contributed by atoms with E-state index in [0.717, 1.165) is 54.0 Å². The van der Waals surface area contributed by atoms with Crippen molar-refractivity contribution in [1.29, 1.82) is 0 Å². The van der Waals surface area contributed by atoms with Gasteiger partial charge in [-0.2, -0.15) is 5.10 Å². The average molecular weight is 433 g/mol. The minimum Gasteiger partial charge on any atom is -0.304 e. The van der Waals surface area contributed by atoms with Crippen LogP contribution in [0.4, 0.5) is 0 Å². The molecule has 0 N–H and O–H groups in total. The molecule has 5 heterocycles. The first-order chi connectivity index (χ1) is 15.0. The Morgan fingerprint density at radius 1 is 1.29 bits per heavy atom. The van der Waals surface area contributed by atoms with E-state index in [1.807, 2.05) is 35.5 Å². The zero-order valence-electron chi connectivity index (χ0n) is 18.3. The standard InChI is InChI=1S/C24H28N5OP/c1-4-9-27-10-7-18(8-11-27)19-5-6-24-28(15-19)23(30)13-22(31-24)20-12-21-17(3)25-16(2)14-29(21)26-20/h5-7,12-15,24,31H,4,8-11H2,1-3H3. The molecule has 0 spiro atoms. The molecule has 0 bridgehead atoms. The highest BCUT2D eigenvalue weighted by atomic mass is 31.1. The summed E-state index contributed by atoms with van der Waals surface area (Å²) in [5, 5.41) is 5.75. The van der Waals surface area contributed by atoms with Gasteiger partial charge < -0.3 is 4.90 Å². The third-order valence-corrected chi connectivity index (χ3v) is 7.58. The van der Waals surface area contributed by atoms with E-state index in [9.17, 15) is 4.79 Å². The van der Waals surface area contributed by atoms with Gasteiger partial charge in [0.05, 0.1) is 34.6 Å². The summed E-state index contributed by atoms with van der Waals surface area (Å²) < 4.78 is 1.88. The lowest BCUT2D eigenvalue weighted by molar-refractivity contribution is -0.123. The molecule has 1 amide bonds. The van der Waals surface area contributed by atoms with Crippen LogP contribution in [0, 0.1) is 13.8 Å². The summed E-state index contributed by atoms with van der Waals surface area (Å²) in [6.45, 7) is 9.43. The van der Waals surface area contributed by atoms with Crippen LogP contribution in [0.1, 0.15) is 36.8 Å². The maximum Gasteiger partial charge on any atom is 0.252 e. The summed E-state index contributed by atoms with van der Waals surface area (Å²) in [5.74, 6) is 0.107. The van der Waals surface area contributed by atoms with Crippen molar-refractivity contribution in [2.75, 3.05) is 19.6 Å². The maximum atomic E-state index is 13.0. The van der Waals surface area contributed by atoms with Crippen LogP contribution in [0.3, 0.4) is 0 Å². The number of rotatable bonds is 4. The highest BCUT2D eigenvalue weighted by molar-refractivity contribution is 7.51. The van der Waals surface area contributed by atoms with Crippen LogP contribution < -0.4 is 0 Å². The van der Waals surface area contributed by atoms with E-state index < -0.39 is 0 Å². The molecule has 0 aliphatic carbocycles. The molecule has 2 unspecified atom stereocenters. The van der Waals surface area contributed by atoms with Gasteiger partial charge in [-0.15, -0.1) is 0 Å². The van der Waals surface area contributed by atoms with Crippen molar-refractivity contribution < 1.29 is 4.79 Å². The van der Waals surface area contributed by atoms with Crippen molar-refractivity contribution in [1.82, 2.24) is 24.4 Å². The van der Waals surface area contributed by atoms with E-state index >= 15 is 0 Å². The Kier molecular flexibility index (Phi) is 5.37. The topological polar surface area (TPSA) is 53.7 Å². The maximum absolute atomic E-state index is 13.0. The van der Waals surface area contributed by atoms with Crippen molar-refractivity contribution in [2.45, 2.75) is 39.4 Å². The minimum atomic E-state index is 0.0349. The number of carbonyl (C=O) groups is 1. The first-order valence-electron chi connectivity index (χ1n) is 11.0. The average Bonchev–Trinajstić information content (AvgIpc) is 3.19. The van der Waals surface area contributed by atoms with E-state index in [2.05, 4.69) is 41.2 Å². The second-order valence-corrected chi connectivity index (χ2v) is 9.86. The van der Waals surface area contributed by atoms with Crippen molar-refractivity contribution in [3.63, 3.8) is 0 Å². The number of carbonyl (C=O) groups excluding carboxylic acids is 1. The molecule has 0 aromatic carbocycles. The van der Waals surface area contributed by atoms with Gasteiger partial charge in [0, 0.05) is 30.7 Å². The van der Waals surface area contributed by atoms with Crippen LogP contribution in [-0.4, -0.2) is 55.7 Å². The molecule has 0 fully saturated rings. The molecule has 0 radical (unpaired) electrons. The Hall–Kier alpha value is -2.56. The van der Waals surface area contributed by atoms with E-state index in [0.29, 0.717) is 8.58 Å². The number of allylic oxidation sites excluding steroid dienone is 2. The Balaban J connectivity index is 1.39. The first kappa shape index (κ1) is 20.3. The summed E-state index contributed by atoms with van der Waals surface area (Å²) >= 11 is 0. The largest absolute Gasteiger partial charge is 0.304 e. The predicted octanol–water partition coefficient (Wildman–Crippen LogP) is 4.03. The lowest BCUT2D eigenvalue weighted by Gasteiger charge is -2.34. The van der Waals surface area contributed by atoms with Crippen molar-refractivity contribution in [3.05, 3.63) is 71.0 Å². The summed E-state index contributed by atoms with van der Waals surface area (Å²) in [6, 6.07) is 2.05. The summed E-state index contributed by atoms with van der Waals surface area (Å²) in [6.07, 6.45) is 14.7. The molecule has 160 valence electrons. The zero-order chi connectivity index (χ0) is 21.5. The number of amides is 1. The SMILES string of the molecule is CCCN1CC=C(C2=CN3C(=O)C=C(c4cc5c(C)nc(C)cn5n4)PC3C=C2)CC1. The lowest BCUT2D eigenvalue weighted by Crippen LogP contribution is -2.36. The molecular weight excluding hydrogens is 405 g/mol. The van der Waals surface area contributed by atoms with E-state index in [4.69, 9.17) is 5.10 Å². The third kappa shape index (κ3) is 3.90. The molecule has 2 aromatic heterocycles. The van der Waals surface area contributed by atoms with Crippen LogP contribution in [0.5, 0.6) is 0 Å². The first-order valence-corrected chi connectivity index (χ1v) is 12.1. The third-order valence-electron chi connectivity index (χ3n) is 6.10. The number of aryl methyl sites for hydroxylation is 2. The lowest BCUT2D eigenvalue weighted by atomic mass is 9.98. The van der Waals surface area contributed by atoms with Crippen LogP contribution in [-0.2, 0) is 4.79 Å². The quantitative estimate of drug-likeness (QED) is 0.684. The summed E-state index contributed by atoms with van der Waals surface area (Å²) in [5.41, 5.74) is 6.28. The second-order valence-electron chi connectivity index (χ2n) is 8.44. The molecule has 2 atom stereocenters. The fourth-order valence-electron chi connectivity index (χ4n) is 4.53. The van der Waals surface area contributed by atoms with Crippen molar-refractivity contribution in [3.8, 4) is 0 Å². The van der Waals surface area contributed by atoms with Gasteiger partial charge in [-0.05, 0) is 50.4 Å². The van der Waals surface area contributed by atoms with Gasteiger partial charge in [-0.3, -0.25) is 14.7 Å². The molecule has 5 rings (SSSR count). The highest BCUT2D eigenvalue weighted by Gasteiger charge is 2.30. The van der Waals surface area contributed by atoms with Crippen LogP contribution in [0.2, 0.25) is 0 Å². The highest BCUT2D eigenvalue weighted by Crippen LogP contribution is 2.45. The molecule has 6 nitrogen and oxygen atoms in total. The number of nitrogens with zero attached hydrogens (tertiary/aromatic N) is 5. The van der Waals surface area contributed by atoms with E-state index in [-0.39, 0.29) is 11.7 Å². The Bertz CT molecular complexity index is 1170. The van der Waals surface area contributed by atoms with Gasteiger partial charge in [0.25, 0.3) is 5.91 Å². The summed E-state index contributed by atoms with van der Waals surface area (Å²) in [7, 11) is 0.470. The molecule has 0 saturated heterocycles. The number of hydrogen-bond donors (Lipinski definition) is 0. The smallest absolute Gasteiger partial charge is 0.252 e. The molecule has 3 aliphatic rings. The van der Waals surface area contributed by atoms with Gasteiger partial charge in [0.15, 0.2) is 0 Å². The molecule has 3 aliphatic heterocycles. The van der Waals surface area contributed by atoms with E-state index in [1.54, 1.807) is 6.08 Å². The Labute approximate surface area is 184 Å². The fourth-order valence-corrected chi connectivity index (χ4v) is 5.86. The monoisotopic (exact) mass is 433 g/mol. The van der Waals surface area contributed by atoms with Crippen molar-refractivity contribution >= 4 is 25.3 Å². The van der Waals surface area contributed by atoms with Gasteiger partial charge in [-0.25, -0.2) is 4.52 Å². The van der Waals surface area contributed by atoms with Crippen LogP contribution in [0.25, 0.3) is 10.8 Å². The Morgan fingerprint density at radius 3 is 2.94 bits per heavy atom. The number of hydrogen-bond acceptors (Lipinski definition) is 4. The van der Waals surface area contributed by atoms with Crippen LogP contribution in [0.15, 0.2) is 53.9 Å². The number of aromatic nitrogens is 3. The zero-order valence-corrected chi connectivity index (χ0v) is 19.3. The fraction of sp³-hybridized carbons (Fsp3) is 0.375. The second kappa shape index (κ2) is 8.18. The van der Waals surface area contributed by atoms with Gasteiger partial charge in [0.2, 0.25) is 0 Å². The molecule has 31 heavy (non-hydrogen) atoms. The predicted molar refractivity (Wildman–Crippen MR) is 126 cm³/mol. The molecular formula is C24H28N5OP. The molecule has 0 saturated carbocycles. The molecule has 7 heteroatoms. The van der Waals surface area contributed by atoms with E-state index in [1.165, 1.54) is 17.6 Å². The van der Waals surface area contributed by atoms with Gasteiger partial charge in [-0.1, -0.05) is 33.7 Å². The normalized spacial score (nSPS) is 22.5. The van der Waals surface area contributed by atoms with Crippen molar-refractivity contribution in [2.24, 2.45) is 0 Å². The minimum absolute atomic E-state index is 0.0349. The van der Waals surface area contributed by atoms with Gasteiger partial charge >= 0.3 is 0 Å². The van der Waals surface area contributed by atoms with Gasteiger partial charge in [0.1, 0.15) is 0 Å². The van der Waals surface area contributed by atoms with Crippen LogP contribution >= 0.6 is 8.58 Å². The molecule has 2 aromatic rings. The Morgan fingerprint density at radius 2 is 2.16 bits per heavy atom. The number of fused-ring (bicyclic) bond motifs is 2. The summed E-state index contributed by atoms with van der Waals surface area (Å²) in [4.78, 5) is 21.9.